The van der Waals surface area contributed by atoms with Crippen molar-refractivity contribution in [3.63, 3.8) is 0 Å². The van der Waals surface area contributed by atoms with Gasteiger partial charge in [0.25, 0.3) is 10.1 Å². The van der Waals surface area contributed by atoms with E-state index < -0.39 is 34.0 Å². The molecule has 1 amide bonds. The molecule has 3 rings (SSSR count). The third kappa shape index (κ3) is 9.62. The van der Waals surface area contributed by atoms with Gasteiger partial charge in [-0.3, -0.25) is 4.18 Å². The number of aryl methyl sites for hydroxylation is 1. The van der Waals surface area contributed by atoms with Gasteiger partial charge in [-0.2, -0.15) is 8.42 Å². The minimum absolute atomic E-state index is 0.111. The van der Waals surface area contributed by atoms with E-state index in [2.05, 4.69) is 5.32 Å². The van der Waals surface area contributed by atoms with Crippen molar-refractivity contribution in [2.75, 3.05) is 0 Å². The highest BCUT2D eigenvalue weighted by molar-refractivity contribution is 7.86. The van der Waals surface area contributed by atoms with E-state index in [1.165, 1.54) is 0 Å². The number of alkyl carbamates (subject to hydrolysis) is 1. The lowest BCUT2D eigenvalue weighted by molar-refractivity contribution is 0.0478. The zero-order valence-electron chi connectivity index (χ0n) is 22.9. The molecule has 3 aromatic carbocycles. The van der Waals surface area contributed by atoms with E-state index >= 15 is 0 Å². The van der Waals surface area contributed by atoms with Crippen LogP contribution in [0.5, 0.6) is 0 Å². The molecule has 0 radical (unpaired) electrons. The Balaban J connectivity index is 1.89. The van der Waals surface area contributed by atoms with Crippen molar-refractivity contribution in [2.45, 2.75) is 76.5 Å². The van der Waals surface area contributed by atoms with Gasteiger partial charge in [-0.05, 0) is 76.1 Å². The highest BCUT2D eigenvalue weighted by atomic mass is 32.2. The molecule has 0 unspecified atom stereocenters. The first-order chi connectivity index (χ1) is 17.9. The second-order valence-corrected chi connectivity index (χ2v) is 12.4. The highest BCUT2D eigenvalue weighted by Crippen LogP contribution is 2.25. The number of carbonyl (C=O) groups is 1. The molecule has 38 heavy (non-hydrogen) atoms. The number of carbonyl (C=O) groups excluding carboxylic acids is 1. The zero-order valence-corrected chi connectivity index (χ0v) is 23.7. The lowest BCUT2D eigenvalue weighted by Gasteiger charge is -2.29. The van der Waals surface area contributed by atoms with Crippen LogP contribution in [0.15, 0.2) is 89.8 Å². The summed E-state index contributed by atoms with van der Waals surface area (Å²) in [5.41, 5.74) is 2.40. The van der Waals surface area contributed by atoms with Crippen LogP contribution >= 0.6 is 0 Å². The fraction of sp³-hybridized carbons (Fsp3) is 0.387. The molecule has 0 spiro atoms. The van der Waals surface area contributed by atoms with Crippen LogP contribution in [-0.2, 0) is 31.9 Å². The van der Waals surface area contributed by atoms with Crippen LogP contribution in [0.4, 0.5) is 4.79 Å². The summed E-state index contributed by atoms with van der Waals surface area (Å²) in [5, 5.41) is 2.97. The molecule has 0 aliphatic carbocycles. The number of amides is 1. The molecule has 0 bridgehead atoms. The average Bonchev–Trinajstić information content (AvgIpc) is 2.84. The molecule has 7 heteroatoms. The first-order valence-electron chi connectivity index (χ1n) is 13.0. The summed E-state index contributed by atoms with van der Waals surface area (Å²) in [6, 6.07) is 25.9. The van der Waals surface area contributed by atoms with Crippen molar-refractivity contribution in [1.29, 1.82) is 0 Å². The standard InChI is InChI=1S/C31H39NO5S/c1-23-16-18-28(19-17-23)38(34,35)37-29(24(2)20-25-12-8-6-9-13-25)22-27(21-26-14-10-7-11-15-26)32-30(33)36-31(3,4)5/h6-19,24,27,29H,20-22H2,1-5H3,(H,32,33)/t24-,27-,29-/m0/s1. The molecular weight excluding hydrogens is 498 g/mol. The first kappa shape index (κ1) is 29.4. The molecular formula is C31H39NO5S. The normalized spacial score (nSPS) is 14.3. The third-order valence-corrected chi connectivity index (χ3v) is 7.51. The molecule has 0 fully saturated rings. The van der Waals surface area contributed by atoms with E-state index in [0.29, 0.717) is 12.8 Å². The Morgan fingerprint density at radius 2 is 1.37 bits per heavy atom. The molecule has 0 aromatic heterocycles. The van der Waals surface area contributed by atoms with Crippen LogP contribution in [-0.4, -0.2) is 32.3 Å². The van der Waals surface area contributed by atoms with E-state index in [1.54, 1.807) is 45.0 Å². The van der Waals surface area contributed by atoms with Gasteiger partial charge in [0.05, 0.1) is 11.0 Å². The van der Waals surface area contributed by atoms with Gasteiger partial charge in [0.15, 0.2) is 0 Å². The van der Waals surface area contributed by atoms with Crippen molar-refractivity contribution < 1.29 is 22.1 Å². The molecule has 0 saturated carbocycles. The number of hydrogen-bond acceptors (Lipinski definition) is 5. The smallest absolute Gasteiger partial charge is 0.407 e. The first-order valence-corrected chi connectivity index (χ1v) is 14.4. The van der Waals surface area contributed by atoms with Crippen molar-refractivity contribution in [3.05, 3.63) is 102 Å². The Morgan fingerprint density at radius 3 is 1.89 bits per heavy atom. The molecule has 3 aromatic rings. The summed E-state index contributed by atoms with van der Waals surface area (Å²) in [7, 11) is -4.03. The molecule has 0 aliphatic heterocycles. The molecule has 0 aliphatic rings. The predicted molar refractivity (Wildman–Crippen MR) is 150 cm³/mol. The van der Waals surface area contributed by atoms with E-state index in [9.17, 15) is 13.2 Å². The van der Waals surface area contributed by atoms with Crippen molar-refractivity contribution in [1.82, 2.24) is 5.32 Å². The third-order valence-electron chi connectivity index (χ3n) is 6.16. The monoisotopic (exact) mass is 537 g/mol. The van der Waals surface area contributed by atoms with Crippen LogP contribution in [0.1, 0.15) is 50.8 Å². The van der Waals surface area contributed by atoms with Gasteiger partial charge in [-0.1, -0.05) is 85.3 Å². The maximum atomic E-state index is 13.3. The minimum Gasteiger partial charge on any atom is -0.444 e. The summed E-state index contributed by atoms with van der Waals surface area (Å²) in [6.07, 6.45) is 0.175. The zero-order chi connectivity index (χ0) is 27.8. The Hall–Kier alpha value is -3.16. The summed E-state index contributed by atoms with van der Waals surface area (Å²) >= 11 is 0. The van der Waals surface area contributed by atoms with E-state index in [-0.39, 0.29) is 17.2 Å². The fourth-order valence-electron chi connectivity index (χ4n) is 4.25. The van der Waals surface area contributed by atoms with Gasteiger partial charge in [0, 0.05) is 6.04 Å². The van der Waals surface area contributed by atoms with E-state index in [1.807, 2.05) is 74.5 Å². The molecule has 1 N–H and O–H groups in total. The Labute approximate surface area is 227 Å². The van der Waals surface area contributed by atoms with Gasteiger partial charge >= 0.3 is 6.09 Å². The highest BCUT2D eigenvalue weighted by Gasteiger charge is 2.31. The van der Waals surface area contributed by atoms with Crippen LogP contribution in [0.3, 0.4) is 0 Å². The topological polar surface area (TPSA) is 81.7 Å². The number of hydrogen-bond donors (Lipinski definition) is 1. The molecule has 3 atom stereocenters. The fourth-order valence-corrected chi connectivity index (χ4v) is 5.43. The van der Waals surface area contributed by atoms with Crippen LogP contribution < -0.4 is 5.32 Å². The van der Waals surface area contributed by atoms with Gasteiger partial charge in [0.1, 0.15) is 5.60 Å². The summed E-state index contributed by atoms with van der Waals surface area (Å²) < 4.78 is 38.1. The molecule has 204 valence electrons. The number of benzene rings is 3. The second-order valence-electron chi connectivity index (χ2n) is 10.8. The largest absolute Gasteiger partial charge is 0.444 e. The second kappa shape index (κ2) is 13.1. The van der Waals surface area contributed by atoms with Gasteiger partial charge in [-0.15, -0.1) is 0 Å². The van der Waals surface area contributed by atoms with Gasteiger partial charge in [0.2, 0.25) is 0 Å². The number of rotatable bonds is 11. The maximum Gasteiger partial charge on any atom is 0.407 e. The Kier molecular flexibility index (Phi) is 10.1. The average molecular weight is 538 g/mol. The lowest BCUT2D eigenvalue weighted by Crippen LogP contribution is -2.43. The van der Waals surface area contributed by atoms with Gasteiger partial charge < -0.3 is 10.1 Å². The minimum atomic E-state index is -4.03. The van der Waals surface area contributed by atoms with Crippen LogP contribution in [0.25, 0.3) is 0 Å². The summed E-state index contributed by atoms with van der Waals surface area (Å²) in [4.78, 5) is 12.9. The van der Waals surface area contributed by atoms with Crippen molar-refractivity contribution in [3.8, 4) is 0 Å². The SMILES string of the molecule is Cc1ccc(S(=O)(=O)O[C@@H](C[C@H](Cc2ccccc2)NC(=O)OC(C)(C)C)[C@@H](C)Cc2ccccc2)cc1. The summed E-state index contributed by atoms with van der Waals surface area (Å²) in [5.74, 6) is -0.156. The predicted octanol–water partition coefficient (Wildman–Crippen LogP) is 6.47. The molecule has 0 heterocycles. The summed E-state index contributed by atoms with van der Waals surface area (Å²) in [6.45, 7) is 9.30. The van der Waals surface area contributed by atoms with Crippen molar-refractivity contribution in [2.24, 2.45) is 5.92 Å². The molecule has 6 nitrogen and oxygen atoms in total. The number of ether oxygens (including phenoxy) is 1. The Morgan fingerprint density at radius 1 is 0.842 bits per heavy atom. The maximum absolute atomic E-state index is 13.3. The lowest BCUT2D eigenvalue weighted by atomic mass is 9.90. The van der Waals surface area contributed by atoms with E-state index in [0.717, 1.165) is 16.7 Å². The van der Waals surface area contributed by atoms with Crippen LogP contribution in [0.2, 0.25) is 0 Å². The number of nitrogens with one attached hydrogen (secondary N) is 1. The van der Waals surface area contributed by atoms with E-state index in [4.69, 9.17) is 8.92 Å². The molecule has 0 saturated heterocycles. The van der Waals surface area contributed by atoms with Crippen molar-refractivity contribution >= 4 is 16.2 Å². The van der Waals surface area contributed by atoms with Crippen LogP contribution in [0, 0.1) is 12.8 Å². The quantitative estimate of drug-likeness (QED) is 0.283. The Bertz CT molecular complexity index is 1250. The van der Waals surface area contributed by atoms with Gasteiger partial charge in [-0.25, -0.2) is 4.79 Å².